The van der Waals surface area contributed by atoms with Gasteiger partial charge in [-0.25, -0.2) is 0 Å². The van der Waals surface area contributed by atoms with Crippen LogP contribution >= 0.6 is 15.9 Å². The third kappa shape index (κ3) is 5.06. The second-order valence-corrected chi connectivity index (χ2v) is 5.41. The van der Waals surface area contributed by atoms with Gasteiger partial charge < -0.3 is 16.0 Å². The molecule has 0 aliphatic carbocycles. The number of nitrogens with two attached hydrogens (primary N) is 1. The predicted molar refractivity (Wildman–Crippen MR) is 78.7 cm³/mol. The third-order valence-electron chi connectivity index (χ3n) is 2.58. The van der Waals surface area contributed by atoms with Crippen molar-refractivity contribution in [2.75, 3.05) is 32.9 Å². The Kier molecular flexibility index (Phi) is 6.15. The van der Waals surface area contributed by atoms with E-state index in [0.717, 1.165) is 23.9 Å². The van der Waals surface area contributed by atoms with Gasteiger partial charge in [0.05, 0.1) is 5.56 Å². The van der Waals surface area contributed by atoms with Gasteiger partial charge >= 0.3 is 0 Å². The normalized spacial score (nSPS) is 10.7. The number of hydrogen-bond acceptors (Lipinski definition) is 3. The van der Waals surface area contributed by atoms with Gasteiger partial charge in [-0.1, -0.05) is 15.9 Å². The summed E-state index contributed by atoms with van der Waals surface area (Å²) in [6, 6.07) is 5.29. The van der Waals surface area contributed by atoms with Gasteiger partial charge in [-0.3, -0.25) is 4.79 Å². The molecule has 0 atom stereocenters. The highest BCUT2D eigenvalue weighted by Crippen LogP contribution is 2.18. The molecule has 0 spiro atoms. The van der Waals surface area contributed by atoms with Crippen molar-refractivity contribution < 1.29 is 4.79 Å². The Bertz CT molecular complexity index is 407. The van der Waals surface area contributed by atoms with Crippen LogP contribution in [-0.2, 0) is 0 Å². The summed E-state index contributed by atoms with van der Waals surface area (Å²) >= 11 is 3.33. The van der Waals surface area contributed by atoms with Crippen molar-refractivity contribution >= 4 is 27.5 Å². The van der Waals surface area contributed by atoms with Crippen LogP contribution in [0.1, 0.15) is 23.2 Å². The Balaban J connectivity index is 2.39. The van der Waals surface area contributed by atoms with E-state index in [2.05, 4.69) is 26.1 Å². The highest BCUT2D eigenvalue weighted by atomic mass is 79.9. The molecular weight excluding hydrogens is 294 g/mol. The minimum Gasteiger partial charge on any atom is -0.398 e. The third-order valence-corrected chi connectivity index (χ3v) is 3.07. The van der Waals surface area contributed by atoms with E-state index in [-0.39, 0.29) is 5.91 Å². The summed E-state index contributed by atoms with van der Waals surface area (Å²) in [5, 5.41) is 2.88. The lowest BCUT2D eigenvalue weighted by Crippen LogP contribution is -2.26. The maximum atomic E-state index is 11.9. The molecule has 18 heavy (non-hydrogen) atoms. The van der Waals surface area contributed by atoms with E-state index in [1.54, 1.807) is 12.1 Å². The van der Waals surface area contributed by atoms with Crippen LogP contribution in [0.5, 0.6) is 0 Å². The number of unbranched alkanes of at least 4 members (excludes halogenated alkanes) is 1. The van der Waals surface area contributed by atoms with Gasteiger partial charge in [0.15, 0.2) is 0 Å². The summed E-state index contributed by atoms with van der Waals surface area (Å²) < 4.78 is 0.856. The second kappa shape index (κ2) is 7.38. The fraction of sp³-hybridized carbons (Fsp3) is 0.462. The summed E-state index contributed by atoms with van der Waals surface area (Å²) in [6.45, 7) is 1.72. The van der Waals surface area contributed by atoms with Gasteiger partial charge in [0, 0.05) is 16.7 Å². The number of carbonyl (C=O) groups excluding carboxylic acids is 1. The topological polar surface area (TPSA) is 58.4 Å². The lowest BCUT2D eigenvalue weighted by Gasteiger charge is -2.10. The van der Waals surface area contributed by atoms with Crippen molar-refractivity contribution in [1.29, 1.82) is 0 Å². The second-order valence-electron chi connectivity index (χ2n) is 4.50. The lowest BCUT2D eigenvalue weighted by atomic mass is 10.1. The summed E-state index contributed by atoms with van der Waals surface area (Å²) in [4.78, 5) is 14.0. The Morgan fingerprint density at radius 1 is 1.39 bits per heavy atom. The summed E-state index contributed by atoms with van der Waals surface area (Å²) in [5.41, 5.74) is 6.80. The van der Waals surface area contributed by atoms with E-state index in [0.29, 0.717) is 17.8 Å². The molecule has 5 heteroatoms. The Morgan fingerprint density at radius 2 is 2.11 bits per heavy atom. The average molecular weight is 314 g/mol. The van der Waals surface area contributed by atoms with Crippen LogP contribution in [0, 0.1) is 0 Å². The van der Waals surface area contributed by atoms with E-state index >= 15 is 0 Å². The van der Waals surface area contributed by atoms with E-state index in [4.69, 9.17) is 5.73 Å². The van der Waals surface area contributed by atoms with Crippen LogP contribution in [0.4, 0.5) is 5.69 Å². The van der Waals surface area contributed by atoms with Crippen LogP contribution in [0.15, 0.2) is 22.7 Å². The zero-order valence-corrected chi connectivity index (χ0v) is 12.5. The molecule has 1 aromatic carbocycles. The standard InChI is InChI=1S/C13H20BrN3O/c1-17(2)8-4-3-7-16-13(18)11-9-10(14)5-6-12(11)15/h5-6,9H,3-4,7-8,15H2,1-2H3,(H,16,18). The minimum atomic E-state index is -0.112. The SMILES string of the molecule is CN(C)CCCCNC(=O)c1cc(Br)ccc1N. The largest absolute Gasteiger partial charge is 0.398 e. The molecule has 0 heterocycles. The molecule has 0 aliphatic rings. The monoisotopic (exact) mass is 313 g/mol. The number of nitrogens with one attached hydrogen (secondary N) is 1. The Labute approximate surface area is 117 Å². The van der Waals surface area contributed by atoms with Crippen LogP contribution in [-0.4, -0.2) is 38.0 Å². The average Bonchev–Trinajstić information content (AvgIpc) is 2.31. The van der Waals surface area contributed by atoms with Crippen molar-refractivity contribution in [3.8, 4) is 0 Å². The van der Waals surface area contributed by atoms with Crippen molar-refractivity contribution in [3.63, 3.8) is 0 Å². The number of nitrogens with zero attached hydrogens (tertiary/aromatic N) is 1. The van der Waals surface area contributed by atoms with E-state index in [1.165, 1.54) is 0 Å². The molecule has 0 fully saturated rings. The molecule has 4 nitrogen and oxygen atoms in total. The summed E-state index contributed by atoms with van der Waals surface area (Å²) in [5.74, 6) is -0.112. The molecule has 0 saturated heterocycles. The Morgan fingerprint density at radius 3 is 2.78 bits per heavy atom. The zero-order valence-electron chi connectivity index (χ0n) is 10.9. The van der Waals surface area contributed by atoms with Crippen LogP contribution in [0.25, 0.3) is 0 Å². The first-order valence-corrected chi connectivity index (χ1v) is 6.78. The van der Waals surface area contributed by atoms with Crippen molar-refractivity contribution in [2.45, 2.75) is 12.8 Å². The first-order valence-electron chi connectivity index (χ1n) is 5.98. The van der Waals surface area contributed by atoms with Gasteiger partial charge in [-0.15, -0.1) is 0 Å². The van der Waals surface area contributed by atoms with Gasteiger partial charge in [-0.2, -0.15) is 0 Å². The van der Waals surface area contributed by atoms with Gasteiger partial charge in [-0.05, 0) is 51.7 Å². The number of nitrogen functional groups attached to an aromatic ring is 1. The molecule has 1 aromatic rings. The molecule has 1 amide bonds. The minimum absolute atomic E-state index is 0.112. The van der Waals surface area contributed by atoms with Gasteiger partial charge in [0.2, 0.25) is 0 Å². The Hall–Kier alpha value is -1.07. The molecule has 0 unspecified atom stereocenters. The van der Waals surface area contributed by atoms with Crippen LogP contribution in [0.3, 0.4) is 0 Å². The maximum Gasteiger partial charge on any atom is 0.253 e. The number of benzene rings is 1. The van der Waals surface area contributed by atoms with Crippen molar-refractivity contribution in [3.05, 3.63) is 28.2 Å². The summed E-state index contributed by atoms with van der Waals surface area (Å²) in [7, 11) is 4.08. The fourth-order valence-corrected chi connectivity index (χ4v) is 1.94. The molecule has 0 saturated carbocycles. The quantitative estimate of drug-likeness (QED) is 0.624. The van der Waals surface area contributed by atoms with Crippen molar-refractivity contribution in [2.24, 2.45) is 0 Å². The molecule has 0 bridgehead atoms. The van der Waals surface area contributed by atoms with Crippen LogP contribution in [0.2, 0.25) is 0 Å². The number of halogens is 1. The first-order chi connectivity index (χ1) is 8.50. The molecule has 0 aliphatic heterocycles. The van der Waals surface area contributed by atoms with E-state index in [9.17, 15) is 4.79 Å². The molecule has 0 aromatic heterocycles. The first kappa shape index (κ1) is 15.0. The zero-order chi connectivity index (χ0) is 13.5. The highest BCUT2D eigenvalue weighted by molar-refractivity contribution is 9.10. The highest BCUT2D eigenvalue weighted by Gasteiger charge is 2.09. The molecule has 100 valence electrons. The summed E-state index contributed by atoms with van der Waals surface area (Å²) in [6.07, 6.45) is 2.04. The number of carbonyl (C=O) groups is 1. The van der Waals surface area contributed by atoms with E-state index in [1.807, 2.05) is 20.2 Å². The fourth-order valence-electron chi connectivity index (χ4n) is 1.58. The number of rotatable bonds is 6. The number of amides is 1. The lowest BCUT2D eigenvalue weighted by molar-refractivity contribution is 0.0953. The molecule has 0 radical (unpaired) electrons. The number of hydrogen-bond donors (Lipinski definition) is 2. The van der Waals surface area contributed by atoms with E-state index < -0.39 is 0 Å². The van der Waals surface area contributed by atoms with Crippen molar-refractivity contribution in [1.82, 2.24) is 10.2 Å². The smallest absolute Gasteiger partial charge is 0.253 e. The van der Waals surface area contributed by atoms with Gasteiger partial charge in [0.25, 0.3) is 5.91 Å². The predicted octanol–water partition coefficient (Wildman–Crippen LogP) is 2.10. The number of anilines is 1. The van der Waals surface area contributed by atoms with Gasteiger partial charge in [0.1, 0.15) is 0 Å². The van der Waals surface area contributed by atoms with Crippen LogP contribution < -0.4 is 11.1 Å². The molecule has 1 rings (SSSR count). The molecule has 3 N–H and O–H groups in total. The molecular formula is C13H20BrN3O. The maximum absolute atomic E-state index is 11.9.